The van der Waals surface area contributed by atoms with E-state index < -0.39 is 10.2 Å². The van der Waals surface area contributed by atoms with Gasteiger partial charge in [-0.2, -0.15) is 8.42 Å². The Balaban J connectivity index is 3.32. The minimum Gasteiger partial charge on any atom is -0.394 e. The first-order valence-corrected chi connectivity index (χ1v) is 4.97. The van der Waals surface area contributed by atoms with Gasteiger partial charge in [0.25, 0.3) is 10.2 Å². The Hall–Kier alpha value is -0.210. The van der Waals surface area contributed by atoms with E-state index in [1.165, 1.54) is 7.05 Å². The highest BCUT2D eigenvalue weighted by Crippen LogP contribution is 1.75. The van der Waals surface area contributed by atoms with E-state index in [1.807, 2.05) is 0 Å². The fourth-order valence-electron chi connectivity index (χ4n) is 0.487. The number of aliphatic hydroxyl groups is 1. The molecule has 0 radical (unpaired) electrons. The molecule has 0 rings (SSSR count). The first kappa shape index (κ1) is 11.8. The third kappa shape index (κ3) is 6.50. The molecule has 0 saturated heterocycles. The van der Waals surface area contributed by atoms with Crippen LogP contribution < -0.4 is 9.44 Å². The molecule has 0 aliphatic heterocycles. The summed E-state index contributed by atoms with van der Waals surface area (Å²) in [6.45, 7) is 0.616. The van der Waals surface area contributed by atoms with Crippen LogP contribution in [-0.2, 0) is 14.9 Å². The van der Waals surface area contributed by atoms with E-state index in [0.29, 0.717) is 0 Å². The van der Waals surface area contributed by atoms with Gasteiger partial charge in [0.05, 0.1) is 19.8 Å². The first-order chi connectivity index (χ1) is 5.62. The average Bonchev–Trinajstić information content (AvgIpc) is 2.04. The lowest BCUT2D eigenvalue weighted by molar-refractivity contribution is 0.0961. The van der Waals surface area contributed by atoms with Crippen LogP contribution in [0.25, 0.3) is 0 Å². The summed E-state index contributed by atoms with van der Waals surface area (Å²) in [6.07, 6.45) is 0. The summed E-state index contributed by atoms with van der Waals surface area (Å²) in [4.78, 5) is 0. The summed E-state index contributed by atoms with van der Waals surface area (Å²) in [5.74, 6) is 0. The molecule has 0 heterocycles. The van der Waals surface area contributed by atoms with Crippen molar-refractivity contribution >= 4 is 10.2 Å². The number of ether oxygens (including phenoxy) is 1. The molecule has 74 valence electrons. The number of hydrogen-bond donors (Lipinski definition) is 3. The highest BCUT2D eigenvalue weighted by Gasteiger charge is 2.02. The molecule has 7 heteroatoms. The van der Waals surface area contributed by atoms with Gasteiger partial charge < -0.3 is 9.84 Å². The largest absolute Gasteiger partial charge is 0.394 e. The van der Waals surface area contributed by atoms with E-state index in [4.69, 9.17) is 9.84 Å². The van der Waals surface area contributed by atoms with Crippen molar-refractivity contribution in [3.8, 4) is 0 Å². The topological polar surface area (TPSA) is 87.7 Å². The molecule has 3 N–H and O–H groups in total. The van der Waals surface area contributed by atoms with Crippen LogP contribution in [0.3, 0.4) is 0 Å². The molecule has 6 nitrogen and oxygen atoms in total. The molecule has 0 spiro atoms. The fraction of sp³-hybridized carbons (Fsp3) is 1.00. The summed E-state index contributed by atoms with van der Waals surface area (Å²) in [6, 6.07) is 0. The molecule has 0 aliphatic rings. The van der Waals surface area contributed by atoms with Gasteiger partial charge in [-0.1, -0.05) is 0 Å². The summed E-state index contributed by atoms with van der Waals surface area (Å²) >= 11 is 0. The Bertz CT molecular complexity index is 192. The normalized spacial score (nSPS) is 11.8. The molecule has 0 fully saturated rings. The summed E-state index contributed by atoms with van der Waals surface area (Å²) < 4.78 is 30.5. The quantitative estimate of drug-likeness (QED) is 0.415. The van der Waals surface area contributed by atoms with Crippen LogP contribution in [0.5, 0.6) is 0 Å². The van der Waals surface area contributed by atoms with Crippen LogP contribution in [0.2, 0.25) is 0 Å². The van der Waals surface area contributed by atoms with Crippen LogP contribution in [-0.4, -0.2) is 46.9 Å². The van der Waals surface area contributed by atoms with Gasteiger partial charge in [-0.05, 0) is 0 Å². The predicted molar refractivity (Wildman–Crippen MR) is 43.9 cm³/mol. The molecule has 12 heavy (non-hydrogen) atoms. The average molecular weight is 198 g/mol. The monoisotopic (exact) mass is 198 g/mol. The van der Waals surface area contributed by atoms with Crippen LogP contribution >= 0.6 is 0 Å². The minimum absolute atomic E-state index is 0.0568. The fourth-order valence-corrected chi connectivity index (χ4v) is 0.983. The van der Waals surface area contributed by atoms with E-state index in [0.717, 1.165) is 0 Å². The molecule has 0 unspecified atom stereocenters. The van der Waals surface area contributed by atoms with Gasteiger partial charge in [-0.25, -0.2) is 9.44 Å². The highest BCUT2D eigenvalue weighted by atomic mass is 32.2. The van der Waals surface area contributed by atoms with Crippen molar-refractivity contribution in [1.29, 1.82) is 0 Å². The van der Waals surface area contributed by atoms with Crippen molar-refractivity contribution in [3.63, 3.8) is 0 Å². The molecule has 0 saturated carbocycles. The van der Waals surface area contributed by atoms with Gasteiger partial charge in [0.1, 0.15) is 0 Å². The van der Waals surface area contributed by atoms with Gasteiger partial charge in [-0.3, -0.25) is 0 Å². The van der Waals surface area contributed by atoms with E-state index in [1.54, 1.807) is 0 Å². The van der Waals surface area contributed by atoms with Crippen LogP contribution in [0.4, 0.5) is 0 Å². The maximum atomic E-state index is 10.7. The lowest BCUT2D eigenvalue weighted by Crippen LogP contribution is -2.36. The standard InChI is InChI=1S/C5H14N2O4S/c1-6-12(9,10)7-2-4-11-5-3-8/h6-8H,2-5H2,1H3. The Kier molecular flexibility index (Phi) is 6.21. The third-order valence-corrected chi connectivity index (χ3v) is 2.16. The number of hydrogen-bond acceptors (Lipinski definition) is 4. The maximum absolute atomic E-state index is 10.7. The number of rotatable bonds is 7. The van der Waals surface area contributed by atoms with Crippen LogP contribution in [0.1, 0.15) is 0 Å². The molecule has 0 aliphatic carbocycles. The minimum atomic E-state index is -3.35. The highest BCUT2D eigenvalue weighted by molar-refractivity contribution is 7.87. The number of nitrogens with one attached hydrogen (secondary N) is 2. The zero-order chi connectivity index (χ0) is 9.45. The second-order valence-corrected chi connectivity index (χ2v) is 3.64. The predicted octanol–water partition coefficient (Wildman–Crippen LogP) is -1.95. The lowest BCUT2D eigenvalue weighted by Gasteiger charge is -2.04. The van der Waals surface area contributed by atoms with Crippen molar-refractivity contribution in [1.82, 2.24) is 9.44 Å². The second-order valence-electron chi connectivity index (χ2n) is 1.94. The Morgan fingerprint density at radius 1 is 1.42 bits per heavy atom. The van der Waals surface area contributed by atoms with E-state index in [2.05, 4.69) is 9.44 Å². The summed E-state index contributed by atoms with van der Waals surface area (Å²) in [7, 11) is -2.03. The van der Waals surface area contributed by atoms with Crippen molar-refractivity contribution in [2.24, 2.45) is 0 Å². The first-order valence-electron chi connectivity index (χ1n) is 3.49. The van der Waals surface area contributed by atoms with Crippen LogP contribution in [0.15, 0.2) is 0 Å². The van der Waals surface area contributed by atoms with Crippen LogP contribution in [0, 0.1) is 0 Å². The molecule has 0 atom stereocenters. The SMILES string of the molecule is CNS(=O)(=O)NCCOCCO. The Labute approximate surface area is 72.1 Å². The Morgan fingerprint density at radius 3 is 2.58 bits per heavy atom. The molecule has 0 aromatic rings. The zero-order valence-corrected chi connectivity index (χ0v) is 7.73. The summed E-state index contributed by atoms with van der Waals surface area (Å²) in [5.41, 5.74) is 0. The maximum Gasteiger partial charge on any atom is 0.276 e. The molecular weight excluding hydrogens is 184 g/mol. The smallest absolute Gasteiger partial charge is 0.276 e. The van der Waals surface area contributed by atoms with Crippen molar-refractivity contribution in [2.45, 2.75) is 0 Å². The van der Waals surface area contributed by atoms with E-state index in [9.17, 15) is 8.42 Å². The van der Waals surface area contributed by atoms with Crippen molar-refractivity contribution < 1.29 is 18.3 Å². The molecular formula is C5H14N2O4S. The molecule has 0 aromatic carbocycles. The summed E-state index contributed by atoms with van der Waals surface area (Å²) in [5, 5.41) is 8.30. The molecule has 0 aromatic heterocycles. The van der Waals surface area contributed by atoms with Gasteiger partial charge in [-0.15, -0.1) is 0 Å². The zero-order valence-electron chi connectivity index (χ0n) is 6.91. The number of aliphatic hydroxyl groups excluding tert-OH is 1. The van der Waals surface area contributed by atoms with Gasteiger partial charge in [0.2, 0.25) is 0 Å². The second kappa shape index (κ2) is 6.32. The van der Waals surface area contributed by atoms with E-state index in [-0.39, 0.29) is 26.4 Å². The van der Waals surface area contributed by atoms with Gasteiger partial charge in [0, 0.05) is 13.6 Å². The van der Waals surface area contributed by atoms with Gasteiger partial charge >= 0.3 is 0 Å². The van der Waals surface area contributed by atoms with Crippen molar-refractivity contribution in [2.75, 3.05) is 33.4 Å². The van der Waals surface area contributed by atoms with E-state index >= 15 is 0 Å². The van der Waals surface area contributed by atoms with Gasteiger partial charge in [0.15, 0.2) is 0 Å². The Morgan fingerprint density at radius 2 is 2.08 bits per heavy atom. The lowest BCUT2D eigenvalue weighted by atomic mass is 10.7. The third-order valence-electron chi connectivity index (χ3n) is 1.04. The molecule has 0 amide bonds. The molecule has 0 bridgehead atoms. The van der Waals surface area contributed by atoms with Crippen molar-refractivity contribution in [3.05, 3.63) is 0 Å².